The average Bonchev–Trinajstić information content (AvgIpc) is 2.21. The molecule has 1 heterocycles. The van der Waals surface area contributed by atoms with Crippen molar-refractivity contribution in [3.05, 3.63) is 66.5 Å². The molecule has 0 bridgehead atoms. The number of nitrogens with zero attached hydrogens (tertiary/aromatic N) is 1. The SMILES string of the molecule is [Sb+3].c1ccc(C[n+]2ccccc2)cc1. The minimum absolute atomic E-state index is 0. The molecule has 0 aliphatic carbocycles. The number of aromatic nitrogens is 1. The Hall–Kier alpha value is -0.812. The van der Waals surface area contributed by atoms with Crippen LogP contribution in [0.15, 0.2) is 60.9 Å². The number of hydrogen-bond acceptors (Lipinski definition) is 0. The van der Waals surface area contributed by atoms with E-state index < -0.39 is 0 Å². The zero-order valence-corrected chi connectivity index (χ0v) is 10.4. The fraction of sp³-hybridized carbons (Fsp3) is 0.0833. The molecule has 2 heteroatoms. The van der Waals surface area contributed by atoms with E-state index in [0.717, 1.165) is 6.54 Å². The summed E-state index contributed by atoms with van der Waals surface area (Å²) in [5.41, 5.74) is 1.33. The summed E-state index contributed by atoms with van der Waals surface area (Å²) in [7, 11) is 0. The van der Waals surface area contributed by atoms with E-state index in [2.05, 4.69) is 41.2 Å². The summed E-state index contributed by atoms with van der Waals surface area (Å²) in [6.07, 6.45) is 4.15. The zero-order valence-electron chi connectivity index (χ0n) is 7.88. The molecule has 1 nitrogen and oxygen atoms in total. The van der Waals surface area contributed by atoms with Crippen LogP contribution in [-0.4, -0.2) is 24.4 Å². The van der Waals surface area contributed by atoms with E-state index >= 15 is 0 Å². The van der Waals surface area contributed by atoms with Crippen LogP contribution in [0.1, 0.15) is 5.56 Å². The molecule has 0 saturated heterocycles. The van der Waals surface area contributed by atoms with Crippen LogP contribution in [0.4, 0.5) is 0 Å². The van der Waals surface area contributed by atoms with Gasteiger partial charge in [0.05, 0.1) is 0 Å². The van der Waals surface area contributed by atoms with Gasteiger partial charge in [0.15, 0.2) is 18.9 Å². The molecule has 2 aromatic rings. The van der Waals surface area contributed by atoms with Crippen LogP contribution in [0.5, 0.6) is 0 Å². The Kier molecular flexibility index (Phi) is 4.68. The molecular formula is C12H12NSb+4. The first-order chi connectivity index (χ1) is 6.45. The van der Waals surface area contributed by atoms with Gasteiger partial charge < -0.3 is 0 Å². The smallest absolute Gasteiger partial charge is 0.201 e. The number of benzene rings is 1. The van der Waals surface area contributed by atoms with E-state index in [9.17, 15) is 0 Å². The van der Waals surface area contributed by atoms with Gasteiger partial charge in [-0.3, -0.25) is 0 Å². The molecule has 0 aliphatic heterocycles. The van der Waals surface area contributed by atoms with Crippen molar-refractivity contribution in [3.8, 4) is 0 Å². The first-order valence-corrected chi connectivity index (χ1v) is 4.43. The Morgan fingerprint density at radius 2 is 1.36 bits per heavy atom. The summed E-state index contributed by atoms with van der Waals surface area (Å²) in [6, 6.07) is 16.6. The molecule has 0 N–H and O–H groups in total. The second-order valence-electron chi connectivity index (χ2n) is 3.03. The van der Waals surface area contributed by atoms with Gasteiger partial charge in [-0.2, -0.15) is 0 Å². The fourth-order valence-electron chi connectivity index (χ4n) is 1.33. The molecule has 1 aromatic carbocycles. The maximum Gasteiger partial charge on any atom is 3.00 e. The molecule has 0 amide bonds. The third-order valence-electron chi connectivity index (χ3n) is 1.99. The minimum Gasteiger partial charge on any atom is -0.201 e. The van der Waals surface area contributed by atoms with Gasteiger partial charge in [-0.05, 0) is 0 Å². The first kappa shape index (κ1) is 11.3. The molecule has 1 aromatic heterocycles. The van der Waals surface area contributed by atoms with Crippen molar-refractivity contribution >= 4 is 24.4 Å². The summed E-state index contributed by atoms with van der Waals surface area (Å²) in [4.78, 5) is 0. The van der Waals surface area contributed by atoms with Gasteiger partial charge in [-0.15, -0.1) is 0 Å². The Bertz CT molecular complexity index is 321. The van der Waals surface area contributed by atoms with Crippen LogP contribution in [0.3, 0.4) is 0 Å². The van der Waals surface area contributed by atoms with Gasteiger partial charge in [0, 0.05) is 17.7 Å². The molecule has 14 heavy (non-hydrogen) atoms. The summed E-state index contributed by atoms with van der Waals surface area (Å²) in [5, 5.41) is 0. The molecule has 66 valence electrons. The van der Waals surface area contributed by atoms with Crippen molar-refractivity contribution in [2.75, 3.05) is 0 Å². The number of pyridine rings is 1. The molecule has 2 rings (SSSR count). The zero-order chi connectivity index (χ0) is 8.93. The topological polar surface area (TPSA) is 3.88 Å². The number of rotatable bonds is 2. The second kappa shape index (κ2) is 5.82. The average molecular weight is 292 g/mol. The van der Waals surface area contributed by atoms with Crippen LogP contribution in [-0.2, 0) is 6.54 Å². The third kappa shape index (κ3) is 3.15. The van der Waals surface area contributed by atoms with E-state index in [1.807, 2.05) is 24.3 Å². The Morgan fingerprint density at radius 1 is 0.786 bits per heavy atom. The Labute approximate surface area is 102 Å². The van der Waals surface area contributed by atoms with E-state index in [4.69, 9.17) is 0 Å². The molecule has 0 fully saturated rings. The van der Waals surface area contributed by atoms with Crippen LogP contribution in [0.2, 0.25) is 0 Å². The monoisotopic (exact) mass is 291 g/mol. The molecule has 0 saturated carbocycles. The number of hydrogen-bond donors (Lipinski definition) is 0. The molecule has 0 spiro atoms. The van der Waals surface area contributed by atoms with E-state index in [-0.39, 0.29) is 24.4 Å². The fourth-order valence-corrected chi connectivity index (χ4v) is 1.33. The van der Waals surface area contributed by atoms with Crippen molar-refractivity contribution in [2.45, 2.75) is 6.54 Å². The normalized spacial score (nSPS) is 9.14. The quantitative estimate of drug-likeness (QED) is 0.585. The standard InChI is InChI=1S/C12H12N.Sb/c1-3-7-12(8-4-1)11-13-9-5-2-6-10-13;/h1-10H,11H2;/q+1;+3. The van der Waals surface area contributed by atoms with Crippen LogP contribution < -0.4 is 4.57 Å². The summed E-state index contributed by atoms with van der Waals surface area (Å²) in [5.74, 6) is 0. The molecule has 0 unspecified atom stereocenters. The third-order valence-corrected chi connectivity index (χ3v) is 1.99. The van der Waals surface area contributed by atoms with Gasteiger partial charge in [0.2, 0.25) is 0 Å². The van der Waals surface area contributed by atoms with Gasteiger partial charge in [-0.25, -0.2) is 4.57 Å². The molecular weight excluding hydrogens is 280 g/mol. The maximum atomic E-state index is 2.16. The molecule has 0 atom stereocenters. The van der Waals surface area contributed by atoms with Crippen LogP contribution in [0, 0.1) is 0 Å². The van der Waals surface area contributed by atoms with E-state index in [1.165, 1.54) is 5.56 Å². The molecule has 0 aliphatic rings. The van der Waals surface area contributed by atoms with Crippen molar-refractivity contribution in [3.63, 3.8) is 0 Å². The Morgan fingerprint density at radius 3 is 2.00 bits per heavy atom. The van der Waals surface area contributed by atoms with Crippen molar-refractivity contribution < 1.29 is 4.57 Å². The predicted molar refractivity (Wildman–Crippen MR) is 57.9 cm³/mol. The van der Waals surface area contributed by atoms with Gasteiger partial charge in [-0.1, -0.05) is 36.4 Å². The Balaban J connectivity index is 0.000000980. The van der Waals surface area contributed by atoms with Crippen LogP contribution >= 0.6 is 0 Å². The summed E-state index contributed by atoms with van der Waals surface area (Å²) < 4.78 is 2.16. The minimum atomic E-state index is 0. The van der Waals surface area contributed by atoms with Gasteiger partial charge >= 0.3 is 24.4 Å². The van der Waals surface area contributed by atoms with Gasteiger partial charge in [0.1, 0.15) is 0 Å². The van der Waals surface area contributed by atoms with Crippen LogP contribution in [0.25, 0.3) is 0 Å². The first-order valence-electron chi connectivity index (χ1n) is 4.43. The van der Waals surface area contributed by atoms with Crippen molar-refractivity contribution in [1.29, 1.82) is 0 Å². The summed E-state index contributed by atoms with van der Waals surface area (Å²) in [6.45, 7) is 0.946. The second-order valence-corrected chi connectivity index (χ2v) is 3.03. The predicted octanol–water partition coefficient (Wildman–Crippen LogP) is 1.64. The van der Waals surface area contributed by atoms with E-state index in [0.29, 0.717) is 0 Å². The largest absolute Gasteiger partial charge is 3.00 e. The maximum absolute atomic E-state index is 2.16. The van der Waals surface area contributed by atoms with Gasteiger partial charge in [0.25, 0.3) is 0 Å². The summed E-state index contributed by atoms with van der Waals surface area (Å²) >= 11 is 0. The van der Waals surface area contributed by atoms with E-state index in [1.54, 1.807) is 0 Å². The van der Waals surface area contributed by atoms with Crippen molar-refractivity contribution in [1.82, 2.24) is 0 Å². The van der Waals surface area contributed by atoms with Crippen molar-refractivity contribution in [2.24, 2.45) is 0 Å². The molecule has 2 radical (unpaired) electrons.